The fourth-order valence-corrected chi connectivity index (χ4v) is 4.16. The Bertz CT molecular complexity index is 488. The second-order valence-corrected chi connectivity index (χ2v) is 7.58. The first kappa shape index (κ1) is 13.9. The number of aryl methyl sites for hydroxylation is 1. The molecule has 110 valence electrons. The number of likely N-dealkylation sites (tertiary alicyclic amines) is 1. The van der Waals surface area contributed by atoms with E-state index in [4.69, 9.17) is 4.99 Å². The fraction of sp³-hybridized carbons (Fsp3) is 0.688. The van der Waals surface area contributed by atoms with Crippen molar-refractivity contribution in [1.29, 1.82) is 0 Å². The highest BCUT2D eigenvalue weighted by molar-refractivity contribution is 7.11. The Hall–Kier alpha value is -1.03. The van der Waals surface area contributed by atoms with Crippen molar-refractivity contribution in [1.82, 2.24) is 10.2 Å². The summed E-state index contributed by atoms with van der Waals surface area (Å²) in [6.07, 6.45) is 5.63. The molecule has 0 radical (unpaired) electrons. The van der Waals surface area contributed by atoms with Crippen molar-refractivity contribution in [3.63, 3.8) is 0 Å². The summed E-state index contributed by atoms with van der Waals surface area (Å²) in [6, 6.07) is 4.38. The van der Waals surface area contributed by atoms with Crippen LogP contribution in [-0.4, -0.2) is 30.5 Å². The van der Waals surface area contributed by atoms with Crippen molar-refractivity contribution in [2.24, 2.45) is 10.4 Å². The van der Waals surface area contributed by atoms with Crippen LogP contribution in [0.25, 0.3) is 0 Å². The van der Waals surface area contributed by atoms with Crippen LogP contribution in [0.4, 0.5) is 0 Å². The number of nitrogens with zero attached hydrogens (tertiary/aromatic N) is 2. The maximum atomic E-state index is 4.84. The first-order chi connectivity index (χ1) is 9.71. The van der Waals surface area contributed by atoms with Gasteiger partial charge >= 0.3 is 0 Å². The summed E-state index contributed by atoms with van der Waals surface area (Å²) >= 11 is 1.85. The molecule has 0 unspecified atom stereocenters. The van der Waals surface area contributed by atoms with Gasteiger partial charge in [0.1, 0.15) is 0 Å². The Balaban J connectivity index is 1.65. The summed E-state index contributed by atoms with van der Waals surface area (Å²) in [6.45, 7) is 8.46. The number of nitrogens with one attached hydrogen (secondary N) is 1. The lowest BCUT2D eigenvalue weighted by atomic mass is 9.68. The zero-order valence-corrected chi connectivity index (χ0v) is 13.4. The minimum atomic E-state index is 0.635. The van der Waals surface area contributed by atoms with Gasteiger partial charge < -0.3 is 10.2 Å². The van der Waals surface area contributed by atoms with Crippen LogP contribution in [0.5, 0.6) is 0 Å². The second kappa shape index (κ2) is 5.76. The molecule has 1 aromatic heterocycles. The lowest BCUT2D eigenvalue weighted by Crippen LogP contribution is -2.42. The summed E-state index contributed by atoms with van der Waals surface area (Å²) < 4.78 is 0. The minimum absolute atomic E-state index is 0.635. The van der Waals surface area contributed by atoms with Gasteiger partial charge in [0, 0.05) is 29.4 Å². The normalized spacial score (nSPS) is 21.3. The molecule has 0 atom stereocenters. The predicted molar refractivity (Wildman–Crippen MR) is 86.3 cm³/mol. The van der Waals surface area contributed by atoms with Gasteiger partial charge in [-0.15, -0.1) is 11.3 Å². The van der Waals surface area contributed by atoms with E-state index in [0.717, 1.165) is 19.0 Å². The molecular formula is C16H25N3S. The Morgan fingerprint density at radius 2 is 2.25 bits per heavy atom. The lowest BCUT2D eigenvalue weighted by Gasteiger charge is -2.38. The largest absolute Gasteiger partial charge is 0.357 e. The molecule has 1 saturated carbocycles. The monoisotopic (exact) mass is 291 g/mol. The van der Waals surface area contributed by atoms with E-state index in [-0.39, 0.29) is 0 Å². The zero-order valence-electron chi connectivity index (χ0n) is 12.6. The van der Waals surface area contributed by atoms with Crippen molar-refractivity contribution < 1.29 is 0 Å². The third-order valence-electron chi connectivity index (χ3n) is 4.67. The van der Waals surface area contributed by atoms with E-state index in [1.807, 2.05) is 11.3 Å². The molecule has 4 heteroatoms. The van der Waals surface area contributed by atoms with Gasteiger partial charge in [-0.3, -0.25) is 0 Å². The highest BCUT2D eigenvalue weighted by Gasteiger charge is 2.43. The van der Waals surface area contributed by atoms with E-state index in [1.165, 1.54) is 48.5 Å². The molecule has 0 bridgehead atoms. The maximum Gasteiger partial charge on any atom is 0.194 e. The molecule has 2 aliphatic rings. The van der Waals surface area contributed by atoms with Gasteiger partial charge in [-0.05, 0) is 50.7 Å². The molecule has 2 fully saturated rings. The van der Waals surface area contributed by atoms with Crippen molar-refractivity contribution in [3.05, 3.63) is 21.9 Å². The Morgan fingerprint density at radius 3 is 2.80 bits per heavy atom. The number of aliphatic imine (C=N–C) groups is 1. The van der Waals surface area contributed by atoms with Crippen molar-refractivity contribution in [2.75, 3.05) is 19.6 Å². The smallest absolute Gasteiger partial charge is 0.194 e. The van der Waals surface area contributed by atoms with Crippen LogP contribution < -0.4 is 5.32 Å². The molecule has 20 heavy (non-hydrogen) atoms. The van der Waals surface area contributed by atoms with Crippen LogP contribution in [0.15, 0.2) is 17.1 Å². The minimum Gasteiger partial charge on any atom is -0.357 e. The summed E-state index contributed by atoms with van der Waals surface area (Å²) in [4.78, 5) is 10.0. The van der Waals surface area contributed by atoms with Crippen LogP contribution in [0.2, 0.25) is 0 Å². The Labute approximate surface area is 126 Å². The molecular weight excluding hydrogens is 266 g/mol. The highest BCUT2D eigenvalue weighted by Crippen LogP contribution is 2.47. The van der Waals surface area contributed by atoms with Gasteiger partial charge in [-0.1, -0.05) is 6.42 Å². The molecule has 1 saturated heterocycles. The standard InChI is InChI=1S/C16H25N3S/c1-3-17-15(18-11-14-6-5-13(2)20-14)19-10-9-16(12-19)7-4-8-16/h5-6H,3-4,7-12H2,1-2H3,(H,17,18). The first-order valence-corrected chi connectivity index (χ1v) is 8.61. The SMILES string of the molecule is CCNC(=NCc1ccc(C)s1)N1CCC2(CCC2)C1. The Kier molecular flexibility index (Phi) is 4.01. The molecule has 1 aromatic rings. The van der Waals surface area contributed by atoms with Gasteiger partial charge in [-0.2, -0.15) is 0 Å². The number of hydrogen-bond acceptors (Lipinski definition) is 2. The third-order valence-corrected chi connectivity index (χ3v) is 5.65. The maximum absolute atomic E-state index is 4.84. The third kappa shape index (κ3) is 2.85. The van der Waals surface area contributed by atoms with Crippen molar-refractivity contribution in [3.8, 4) is 0 Å². The number of thiophene rings is 1. The fourth-order valence-electron chi connectivity index (χ4n) is 3.35. The molecule has 1 aliphatic heterocycles. The van der Waals surface area contributed by atoms with Crippen LogP contribution in [-0.2, 0) is 6.54 Å². The lowest BCUT2D eigenvalue weighted by molar-refractivity contribution is 0.151. The van der Waals surface area contributed by atoms with Gasteiger partial charge in [-0.25, -0.2) is 4.99 Å². The van der Waals surface area contributed by atoms with Crippen molar-refractivity contribution in [2.45, 2.75) is 46.1 Å². The highest BCUT2D eigenvalue weighted by atomic mass is 32.1. The average Bonchev–Trinajstić information content (AvgIpc) is 3.00. The van der Waals surface area contributed by atoms with E-state index in [2.05, 4.69) is 36.2 Å². The molecule has 2 heterocycles. The van der Waals surface area contributed by atoms with E-state index in [1.54, 1.807) is 0 Å². The van der Waals surface area contributed by atoms with Crippen LogP contribution in [0.3, 0.4) is 0 Å². The van der Waals surface area contributed by atoms with Crippen LogP contribution in [0, 0.1) is 12.3 Å². The average molecular weight is 291 g/mol. The quantitative estimate of drug-likeness (QED) is 0.683. The summed E-state index contributed by atoms with van der Waals surface area (Å²) in [5, 5.41) is 3.47. The number of hydrogen-bond donors (Lipinski definition) is 1. The van der Waals surface area contributed by atoms with E-state index < -0.39 is 0 Å². The van der Waals surface area contributed by atoms with Gasteiger partial charge in [0.25, 0.3) is 0 Å². The summed E-state index contributed by atoms with van der Waals surface area (Å²) in [5.74, 6) is 1.11. The zero-order chi connectivity index (χ0) is 14.0. The summed E-state index contributed by atoms with van der Waals surface area (Å²) in [5.41, 5.74) is 0.635. The summed E-state index contributed by atoms with van der Waals surface area (Å²) in [7, 11) is 0. The number of guanidine groups is 1. The van der Waals surface area contributed by atoms with Gasteiger partial charge in [0.2, 0.25) is 0 Å². The van der Waals surface area contributed by atoms with E-state index in [9.17, 15) is 0 Å². The van der Waals surface area contributed by atoms with Crippen LogP contribution in [0.1, 0.15) is 42.4 Å². The van der Waals surface area contributed by atoms with Gasteiger partial charge in [0.05, 0.1) is 6.54 Å². The molecule has 3 nitrogen and oxygen atoms in total. The molecule has 1 aliphatic carbocycles. The molecule has 1 N–H and O–H groups in total. The molecule has 1 spiro atoms. The second-order valence-electron chi connectivity index (χ2n) is 6.21. The van der Waals surface area contributed by atoms with Crippen molar-refractivity contribution >= 4 is 17.3 Å². The van der Waals surface area contributed by atoms with Crippen LogP contribution >= 0.6 is 11.3 Å². The predicted octanol–water partition coefficient (Wildman–Crippen LogP) is 3.40. The first-order valence-electron chi connectivity index (χ1n) is 7.79. The van der Waals surface area contributed by atoms with Gasteiger partial charge in [0.15, 0.2) is 5.96 Å². The van der Waals surface area contributed by atoms with E-state index in [0.29, 0.717) is 5.41 Å². The molecule has 0 aromatic carbocycles. The Morgan fingerprint density at radius 1 is 1.40 bits per heavy atom. The molecule has 3 rings (SSSR count). The number of rotatable bonds is 3. The topological polar surface area (TPSA) is 27.6 Å². The van der Waals surface area contributed by atoms with E-state index >= 15 is 0 Å². The molecule has 0 amide bonds.